The first-order valence-electron chi connectivity index (χ1n) is 10.5. The van der Waals surface area contributed by atoms with E-state index in [0.717, 1.165) is 37.6 Å². The lowest BCUT2D eigenvalue weighted by Gasteiger charge is -2.06. The smallest absolute Gasteiger partial charge is 0.326 e. The van der Waals surface area contributed by atoms with Crippen LogP contribution in [0.25, 0.3) is 22.6 Å². The highest BCUT2D eigenvalue weighted by Gasteiger charge is 2.42. The normalized spacial score (nSPS) is 16.7. The number of carbonyl (C=O) groups is 1. The number of nitrogen functional groups attached to an aromatic ring is 1. The molecule has 0 unspecified atom stereocenters. The third-order valence-electron chi connectivity index (χ3n) is 5.98. The molecule has 13 heteroatoms. The molecule has 2 saturated carbocycles. The van der Waals surface area contributed by atoms with Gasteiger partial charge in [-0.05, 0) is 25.7 Å². The second kappa shape index (κ2) is 6.92. The zero-order valence-electron chi connectivity index (χ0n) is 17.5. The van der Waals surface area contributed by atoms with Crippen LogP contribution < -0.4 is 16.4 Å². The van der Waals surface area contributed by atoms with Gasteiger partial charge in [-0.15, -0.1) is 0 Å². The van der Waals surface area contributed by atoms with E-state index in [1.165, 1.54) is 6.33 Å². The number of hydrogen-bond acceptors (Lipinski definition) is 9. The van der Waals surface area contributed by atoms with Gasteiger partial charge in [-0.1, -0.05) is 12.1 Å². The average molecular weight is 450 g/mol. The molecule has 0 saturated heterocycles. The maximum atomic E-state index is 14.8. The molecule has 2 amide bonds. The highest BCUT2D eigenvalue weighted by atomic mass is 19.1. The van der Waals surface area contributed by atoms with E-state index in [0.29, 0.717) is 11.0 Å². The van der Waals surface area contributed by atoms with Crippen LogP contribution in [0.2, 0.25) is 0 Å². The number of hydrogen-bond donors (Lipinski definition) is 3. The first-order chi connectivity index (χ1) is 15.9. The SMILES string of the molecule is CC1(c2cc(NC(=O)Nc3cnc(-c4nn(C5CC5)c5ncnc(N)c45)nc3F)on2)CC1. The molecule has 0 aliphatic heterocycles. The Balaban J connectivity index is 1.24. The Morgan fingerprint density at radius 3 is 2.82 bits per heavy atom. The van der Waals surface area contributed by atoms with Crippen molar-refractivity contribution in [3.8, 4) is 11.5 Å². The van der Waals surface area contributed by atoms with Crippen molar-refractivity contribution in [2.24, 2.45) is 0 Å². The number of anilines is 3. The minimum Gasteiger partial charge on any atom is -0.383 e. The van der Waals surface area contributed by atoms with Gasteiger partial charge in [-0.25, -0.2) is 24.4 Å². The van der Waals surface area contributed by atoms with Crippen LogP contribution in [-0.4, -0.2) is 40.9 Å². The molecule has 2 fully saturated rings. The highest BCUT2D eigenvalue weighted by molar-refractivity contribution is 5.99. The van der Waals surface area contributed by atoms with Gasteiger partial charge in [-0.2, -0.15) is 14.5 Å². The molecule has 0 atom stereocenters. The molecule has 12 nitrogen and oxygen atoms in total. The molecule has 0 aromatic carbocycles. The van der Waals surface area contributed by atoms with E-state index in [9.17, 15) is 9.18 Å². The van der Waals surface area contributed by atoms with E-state index in [1.54, 1.807) is 10.7 Å². The Hall–Kier alpha value is -4.16. The van der Waals surface area contributed by atoms with Gasteiger partial charge in [0, 0.05) is 11.5 Å². The molecule has 4 aromatic rings. The third kappa shape index (κ3) is 3.41. The predicted molar refractivity (Wildman–Crippen MR) is 115 cm³/mol. The summed E-state index contributed by atoms with van der Waals surface area (Å²) in [6.45, 7) is 2.07. The number of nitrogens with two attached hydrogens (primary N) is 1. The van der Waals surface area contributed by atoms with Gasteiger partial charge in [0.05, 0.1) is 23.3 Å². The van der Waals surface area contributed by atoms with Crippen LogP contribution in [0.3, 0.4) is 0 Å². The number of nitrogens with one attached hydrogen (secondary N) is 2. The minimum absolute atomic E-state index is 0.000777. The number of amides is 2. The lowest BCUT2D eigenvalue weighted by Crippen LogP contribution is -2.20. The van der Waals surface area contributed by atoms with E-state index < -0.39 is 12.0 Å². The van der Waals surface area contributed by atoms with Gasteiger partial charge in [0.2, 0.25) is 11.8 Å². The molecule has 4 heterocycles. The molecule has 2 aliphatic rings. The van der Waals surface area contributed by atoms with Crippen molar-refractivity contribution in [1.29, 1.82) is 0 Å². The molecule has 4 N–H and O–H groups in total. The van der Waals surface area contributed by atoms with E-state index in [-0.39, 0.29) is 40.4 Å². The summed E-state index contributed by atoms with van der Waals surface area (Å²) in [6.07, 6.45) is 6.50. The van der Waals surface area contributed by atoms with E-state index in [1.807, 2.05) is 0 Å². The fraction of sp³-hybridized carbons (Fsp3) is 0.350. The molecule has 168 valence electrons. The quantitative estimate of drug-likeness (QED) is 0.388. The van der Waals surface area contributed by atoms with Gasteiger partial charge in [0.1, 0.15) is 23.5 Å². The molecule has 2 aliphatic carbocycles. The fourth-order valence-corrected chi connectivity index (χ4v) is 3.61. The summed E-state index contributed by atoms with van der Waals surface area (Å²) in [5, 5.41) is 13.8. The van der Waals surface area contributed by atoms with Crippen LogP contribution in [-0.2, 0) is 5.41 Å². The lowest BCUT2D eigenvalue weighted by molar-refractivity contribution is 0.261. The molecule has 0 bridgehead atoms. The molecule has 6 rings (SSSR count). The average Bonchev–Trinajstić information content (AvgIpc) is 3.68. The van der Waals surface area contributed by atoms with Gasteiger partial charge >= 0.3 is 6.03 Å². The van der Waals surface area contributed by atoms with E-state index in [4.69, 9.17) is 10.3 Å². The van der Waals surface area contributed by atoms with Gasteiger partial charge in [0.15, 0.2) is 11.5 Å². The molecule has 4 aromatic heterocycles. The number of nitrogens with zero attached hydrogens (tertiary/aromatic N) is 7. The van der Waals surface area contributed by atoms with Crippen LogP contribution in [0.1, 0.15) is 44.3 Å². The van der Waals surface area contributed by atoms with Gasteiger partial charge in [0.25, 0.3) is 0 Å². The molecular weight excluding hydrogens is 431 g/mol. The lowest BCUT2D eigenvalue weighted by atomic mass is 10.1. The summed E-state index contributed by atoms with van der Waals surface area (Å²) in [6, 6.07) is 1.16. The molecular formula is C20H19FN10O2. The van der Waals surface area contributed by atoms with Crippen molar-refractivity contribution in [1.82, 2.24) is 34.9 Å². The molecule has 33 heavy (non-hydrogen) atoms. The van der Waals surface area contributed by atoms with Crippen molar-refractivity contribution in [2.75, 3.05) is 16.4 Å². The first kappa shape index (κ1) is 19.5. The van der Waals surface area contributed by atoms with Crippen molar-refractivity contribution in [3.63, 3.8) is 0 Å². The predicted octanol–water partition coefficient (Wildman–Crippen LogP) is 3.02. The number of halogens is 1. The van der Waals surface area contributed by atoms with Gasteiger partial charge in [-0.3, -0.25) is 5.32 Å². The molecule has 0 spiro atoms. The summed E-state index contributed by atoms with van der Waals surface area (Å²) < 4.78 is 21.6. The minimum atomic E-state index is -0.927. The summed E-state index contributed by atoms with van der Waals surface area (Å²) in [7, 11) is 0. The summed E-state index contributed by atoms with van der Waals surface area (Å²) in [4.78, 5) is 28.6. The Morgan fingerprint density at radius 2 is 2.09 bits per heavy atom. The topological polar surface area (TPSA) is 163 Å². The Labute approximate surface area is 185 Å². The number of aromatic nitrogens is 7. The van der Waals surface area contributed by atoms with Crippen LogP contribution in [0.15, 0.2) is 23.1 Å². The Morgan fingerprint density at radius 1 is 1.27 bits per heavy atom. The number of rotatable bonds is 5. The number of urea groups is 1. The zero-order chi connectivity index (χ0) is 22.7. The maximum absolute atomic E-state index is 14.8. The first-order valence-corrected chi connectivity index (χ1v) is 10.5. The Bertz CT molecular complexity index is 1410. The van der Waals surface area contributed by atoms with Crippen molar-refractivity contribution < 1.29 is 13.7 Å². The molecule has 0 radical (unpaired) electrons. The summed E-state index contributed by atoms with van der Waals surface area (Å²) in [5.74, 6) is -0.537. The van der Waals surface area contributed by atoms with Crippen LogP contribution in [0, 0.1) is 5.95 Å². The van der Waals surface area contributed by atoms with Crippen LogP contribution >= 0.6 is 0 Å². The maximum Gasteiger partial charge on any atom is 0.326 e. The monoisotopic (exact) mass is 450 g/mol. The third-order valence-corrected chi connectivity index (χ3v) is 5.98. The van der Waals surface area contributed by atoms with Crippen LogP contribution in [0.4, 0.5) is 26.6 Å². The van der Waals surface area contributed by atoms with Crippen molar-refractivity contribution in [2.45, 2.75) is 44.1 Å². The van der Waals surface area contributed by atoms with Gasteiger partial charge < -0.3 is 15.6 Å². The van der Waals surface area contributed by atoms with E-state index >= 15 is 0 Å². The number of carbonyl (C=O) groups excluding carboxylic acids is 1. The van der Waals surface area contributed by atoms with Crippen molar-refractivity contribution in [3.05, 3.63) is 30.2 Å². The zero-order valence-corrected chi connectivity index (χ0v) is 17.5. The van der Waals surface area contributed by atoms with Crippen molar-refractivity contribution >= 4 is 34.5 Å². The standard InChI is InChI=1S/C20H19FN10O2/c1-20(4-5-20)11-6-12(33-30-11)27-19(32)26-10-7-23-17(28-15(10)21)14-13-16(22)24-8-25-18(13)31(29-14)9-2-3-9/h6-9H,2-5H2,1H3,(H2,22,24,25)(H2,26,27,32). The summed E-state index contributed by atoms with van der Waals surface area (Å²) in [5.41, 5.74) is 7.44. The second-order valence-electron chi connectivity index (χ2n) is 8.60. The number of fused-ring (bicyclic) bond motifs is 1. The largest absolute Gasteiger partial charge is 0.383 e. The van der Waals surface area contributed by atoms with E-state index in [2.05, 4.69) is 47.7 Å². The fourth-order valence-electron chi connectivity index (χ4n) is 3.61. The van der Waals surface area contributed by atoms with Crippen LogP contribution in [0.5, 0.6) is 0 Å². The summed E-state index contributed by atoms with van der Waals surface area (Å²) >= 11 is 0. The second-order valence-corrected chi connectivity index (χ2v) is 8.60. The highest BCUT2D eigenvalue weighted by Crippen LogP contribution is 2.47. The Kier molecular flexibility index (Phi) is 4.09.